The van der Waals surface area contributed by atoms with Crippen molar-refractivity contribution in [1.82, 2.24) is 20.4 Å². The van der Waals surface area contributed by atoms with Gasteiger partial charge in [-0.1, -0.05) is 29.4 Å². The number of carbonyl (C=O) groups is 1. The van der Waals surface area contributed by atoms with Crippen molar-refractivity contribution in [1.29, 1.82) is 0 Å². The zero-order valence-corrected chi connectivity index (χ0v) is 17.3. The van der Waals surface area contributed by atoms with Crippen molar-refractivity contribution in [2.75, 3.05) is 20.2 Å². The van der Waals surface area contributed by atoms with Crippen LogP contribution in [-0.4, -0.2) is 47.4 Å². The molecule has 8 heteroatoms. The van der Waals surface area contributed by atoms with Crippen molar-refractivity contribution in [2.45, 2.75) is 31.4 Å². The van der Waals surface area contributed by atoms with Gasteiger partial charge in [0.15, 0.2) is 5.82 Å². The molecule has 1 N–H and O–H groups in total. The average Bonchev–Trinajstić information content (AvgIpc) is 3.51. The quantitative estimate of drug-likeness (QED) is 0.628. The van der Waals surface area contributed by atoms with Gasteiger partial charge in [0.05, 0.1) is 25.8 Å². The van der Waals surface area contributed by atoms with Crippen LogP contribution in [0, 0.1) is 0 Å². The number of nitrogens with one attached hydrogen (secondary N) is 1. The Balaban J connectivity index is 1.14. The van der Waals surface area contributed by atoms with Gasteiger partial charge in [-0.15, -0.1) is 0 Å². The van der Waals surface area contributed by atoms with Crippen LogP contribution in [0.15, 0.2) is 53.1 Å². The highest BCUT2D eigenvalue weighted by atomic mass is 16.5. The molecule has 1 aliphatic heterocycles. The van der Waals surface area contributed by atoms with Gasteiger partial charge in [0.1, 0.15) is 17.6 Å². The molecule has 0 radical (unpaired) electrons. The van der Waals surface area contributed by atoms with E-state index in [2.05, 4.69) is 15.5 Å². The fourth-order valence-corrected chi connectivity index (χ4v) is 3.49. The second-order valence-corrected chi connectivity index (χ2v) is 7.88. The van der Waals surface area contributed by atoms with E-state index in [1.54, 1.807) is 12.0 Å². The third-order valence-electron chi connectivity index (χ3n) is 5.53. The molecule has 0 spiro atoms. The maximum absolute atomic E-state index is 12.4. The van der Waals surface area contributed by atoms with Crippen molar-refractivity contribution in [3.8, 4) is 23.0 Å². The van der Waals surface area contributed by atoms with Crippen molar-refractivity contribution in [3.05, 3.63) is 59.9 Å². The summed E-state index contributed by atoms with van der Waals surface area (Å²) in [7, 11) is 1.63. The van der Waals surface area contributed by atoms with E-state index in [1.807, 2.05) is 48.5 Å². The molecule has 1 aliphatic carbocycles. The van der Waals surface area contributed by atoms with Crippen molar-refractivity contribution < 1.29 is 18.8 Å². The number of nitrogens with zero attached hydrogens (tertiary/aromatic N) is 3. The summed E-state index contributed by atoms with van der Waals surface area (Å²) >= 11 is 0. The van der Waals surface area contributed by atoms with Crippen LogP contribution in [0.1, 0.15) is 30.1 Å². The molecule has 5 rings (SSSR count). The highest BCUT2D eigenvalue weighted by Gasteiger charge is 2.33. The second kappa shape index (κ2) is 8.29. The van der Waals surface area contributed by atoms with Crippen LogP contribution in [-0.2, 0) is 6.54 Å². The molecular weight excluding hydrogens is 396 g/mol. The van der Waals surface area contributed by atoms with Crippen molar-refractivity contribution >= 4 is 6.03 Å². The van der Waals surface area contributed by atoms with Gasteiger partial charge in [-0.25, -0.2) is 4.79 Å². The summed E-state index contributed by atoms with van der Waals surface area (Å²) in [6, 6.07) is 15.2. The van der Waals surface area contributed by atoms with Gasteiger partial charge in [-0.3, -0.25) is 0 Å². The molecule has 2 fully saturated rings. The first-order valence-corrected chi connectivity index (χ1v) is 10.4. The number of benzene rings is 2. The number of hydrogen-bond acceptors (Lipinski definition) is 6. The summed E-state index contributed by atoms with van der Waals surface area (Å²) in [6.45, 7) is 1.52. The van der Waals surface area contributed by atoms with Gasteiger partial charge in [0.2, 0.25) is 0 Å². The highest BCUT2D eigenvalue weighted by Crippen LogP contribution is 2.39. The van der Waals surface area contributed by atoms with E-state index < -0.39 is 0 Å². The number of amides is 2. The van der Waals surface area contributed by atoms with Crippen LogP contribution in [0.5, 0.6) is 11.5 Å². The van der Waals surface area contributed by atoms with Crippen LogP contribution < -0.4 is 14.8 Å². The molecule has 2 aromatic carbocycles. The average molecular weight is 420 g/mol. The van der Waals surface area contributed by atoms with E-state index in [0.29, 0.717) is 37.2 Å². The minimum atomic E-state index is -0.102. The molecule has 0 unspecified atom stereocenters. The molecule has 0 atom stereocenters. The third-order valence-corrected chi connectivity index (χ3v) is 5.53. The lowest BCUT2D eigenvalue weighted by Crippen LogP contribution is -2.58. The normalized spacial score (nSPS) is 16.0. The first-order chi connectivity index (χ1) is 15.2. The van der Waals surface area contributed by atoms with Gasteiger partial charge in [-0.05, 0) is 42.7 Å². The largest absolute Gasteiger partial charge is 0.497 e. The Bertz CT molecular complexity index is 1060. The van der Waals surface area contributed by atoms with E-state index in [1.165, 1.54) is 0 Å². The first kappa shape index (κ1) is 19.4. The summed E-state index contributed by atoms with van der Waals surface area (Å²) in [4.78, 5) is 18.6. The molecule has 160 valence electrons. The lowest BCUT2D eigenvalue weighted by atomic mass is 10.1. The summed E-state index contributed by atoms with van der Waals surface area (Å²) in [5.41, 5.74) is 1.80. The Labute approximate surface area is 180 Å². The van der Waals surface area contributed by atoms with E-state index in [4.69, 9.17) is 14.0 Å². The zero-order valence-electron chi connectivity index (χ0n) is 17.3. The van der Waals surface area contributed by atoms with Gasteiger partial charge in [0.25, 0.3) is 5.89 Å². The Hall–Kier alpha value is -3.55. The number of hydrogen-bond donors (Lipinski definition) is 1. The number of para-hydroxylation sites is 1. The van der Waals surface area contributed by atoms with Crippen LogP contribution in [0.2, 0.25) is 0 Å². The van der Waals surface area contributed by atoms with Crippen molar-refractivity contribution in [3.63, 3.8) is 0 Å². The lowest BCUT2D eigenvalue weighted by Gasteiger charge is -2.39. The Morgan fingerprint density at radius 1 is 1.16 bits per heavy atom. The summed E-state index contributed by atoms with van der Waals surface area (Å²) < 4.78 is 16.7. The maximum Gasteiger partial charge on any atom is 0.317 e. The number of rotatable bonds is 7. The first-order valence-electron chi connectivity index (χ1n) is 10.4. The smallest absolute Gasteiger partial charge is 0.317 e. The fraction of sp³-hybridized carbons (Fsp3) is 0.348. The SMILES string of the molecule is COc1ccc(CNC(=O)N2CC(Oc3ccccc3-c3nc(C4CC4)no3)C2)cc1. The number of methoxy groups -OCH3 is 1. The minimum absolute atomic E-state index is 0.0706. The molecule has 1 saturated heterocycles. The van der Waals surface area contributed by atoms with Gasteiger partial charge in [0, 0.05) is 12.5 Å². The number of ether oxygens (including phenoxy) is 2. The molecule has 8 nitrogen and oxygen atoms in total. The Kier molecular flexibility index (Phi) is 5.19. The molecule has 3 aromatic rings. The predicted molar refractivity (Wildman–Crippen MR) is 113 cm³/mol. The zero-order chi connectivity index (χ0) is 21.2. The van der Waals surface area contributed by atoms with E-state index in [9.17, 15) is 4.79 Å². The van der Waals surface area contributed by atoms with Gasteiger partial charge in [-0.2, -0.15) is 4.98 Å². The predicted octanol–water partition coefficient (Wildman–Crippen LogP) is 3.60. The van der Waals surface area contributed by atoms with Crippen LogP contribution in [0.25, 0.3) is 11.5 Å². The van der Waals surface area contributed by atoms with Crippen LogP contribution >= 0.6 is 0 Å². The fourth-order valence-electron chi connectivity index (χ4n) is 3.49. The number of urea groups is 1. The molecule has 2 heterocycles. The third kappa shape index (κ3) is 4.33. The Morgan fingerprint density at radius 2 is 1.94 bits per heavy atom. The molecule has 1 aromatic heterocycles. The van der Waals surface area contributed by atoms with E-state index in [0.717, 1.165) is 35.5 Å². The van der Waals surface area contributed by atoms with E-state index >= 15 is 0 Å². The molecule has 31 heavy (non-hydrogen) atoms. The number of carbonyl (C=O) groups excluding carboxylic acids is 1. The molecule has 2 aliphatic rings. The number of aromatic nitrogens is 2. The maximum atomic E-state index is 12.4. The summed E-state index contributed by atoms with van der Waals surface area (Å²) in [5, 5.41) is 7.03. The van der Waals surface area contributed by atoms with Gasteiger partial charge < -0.3 is 24.2 Å². The molecule has 1 saturated carbocycles. The second-order valence-electron chi connectivity index (χ2n) is 7.88. The molecular formula is C23H24N4O4. The summed E-state index contributed by atoms with van der Waals surface area (Å²) in [5.74, 6) is 3.17. The summed E-state index contributed by atoms with van der Waals surface area (Å²) in [6.07, 6.45) is 2.17. The van der Waals surface area contributed by atoms with E-state index in [-0.39, 0.29) is 12.1 Å². The minimum Gasteiger partial charge on any atom is -0.497 e. The standard InChI is InChI=1S/C23H24N4O4/c1-29-17-10-6-15(7-11-17)12-24-23(28)27-13-18(14-27)30-20-5-3-2-4-19(20)22-25-21(26-31-22)16-8-9-16/h2-7,10-11,16,18H,8-9,12-14H2,1H3,(H,24,28). The molecule has 2 amide bonds. The van der Waals surface area contributed by atoms with Crippen molar-refractivity contribution in [2.24, 2.45) is 0 Å². The number of likely N-dealkylation sites (tertiary alicyclic amines) is 1. The lowest BCUT2D eigenvalue weighted by molar-refractivity contribution is 0.0446. The monoisotopic (exact) mass is 420 g/mol. The Morgan fingerprint density at radius 3 is 2.68 bits per heavy atom. The van der Waals surface area contributed by atoms with Crippen LogP contribution in [0.4, 0.5) is 4.79 Å². The highest BCUT2D eigenvalue weighted by molar-refractivity contribution is 5.75. The van der Waals surface area contributed by atoms with Crippen LogP contribution in [0.3, 0.4) is 0 Å². The van der Waals surface area contributed by atoms with Gasteiger partial charge >= 0.3 is 6.03 Å². The topological polar surface area (TPSA) is 89.7 Å². The molecule has 0 bridgehead atoms.